The van der Waals surface area contributed by atoms with Gasteiger partial charge in [0.25, 0.3) is 0 Å². The third-order valence-electron chi connectivity index (χ3n) is 3.70. The lowest BCUT2D eigenvalue weighted by Crippen LogP contribution is -2.15. The van der Waals surface area contributed by atoms with Gasteiger partial charge < -0.3 is 14.2 Å². The summed E-state index contributed by atoms with van der Waals surface area (Å²) in [5.74, 6) is 0.454. The quantitative estimate of drug-likeness (QED) is 0.562. The first-order valence-electron chi connectivity index (χ1n) is 7.95. The van der Waals surface area contributed by atoms with Gasteiger partial charge in [0.2, 0.25) is 0 Å². The Bertz CT molecular complexity index is 770. The van der Waals surface area contributed by atoms with Crippen LogP contribution in [-0.2, 0) is 16.0 Å². The van der Waals surface area contributed by atoms with Gasteiger partial charge in [0, 0.05) is 16.5 Å². The zero-order valence-electron chi connectivity index (χ0n) is 13.5. The topological polar surface area (TPSA) is 61.8 Å². The number of carbonyl (C=O) groups is 2. The minimum absolute atomic E-state index is 0.127. The van der Waals surface area contributed by atoms with E-state index < -0.39 is 5.97 Å². The van der Waals surface area contributed by atoms with E-state index in [2.05, 4.69) is 15.9 Å². The Kier molecular flexibility index (Phi) is 5.71. The highest BCUT2D eigenvalue weighted by Gasteiger charge is 2.15. The Morgan fingerprint density at radius 3 is 2.48 bits per heavy atom. The first-order valence-corrected chi connectivity index (χ1v) is 8.74. The van der Waals surface area contributed by atoms with Gasteiger partial charge in [0.05, 0.1) is 19.6 Å². The average Bonchev–Trinajstić information content (AvgIpc) is 2.86. The number of esters is 1. The maximum absolute atomic E-state index is 12.2. The Morgan fingerprint density at radius 2 is 1.72 bits per heavy atom. The number of hydrogen-bond acceptors (Lipinski definition) is 5. The van der Waals surface area contributed by atoms with Crippen LogP contribution in [0.25, 0.3) is 0 Å². The number of ketones is 1. The van der Waals surface area contributed by atoms with Crippen molar-refractivity contribution in [2.75, 3.05) is 19.8 Å². The van der Waals surface area contributed by atoms with Gasteiger partial charge in [-0.3, -0.25) is 9.59 Å². The molecular weight excluding hydrogens is 388 g/mol. The second kappa shape index (κ2) is 8.16. The number of ether oxygens (including phenoxy) is 3. The lowest BCUT2D eigenvalue weighted by Gasteiger charge is -2.09. The molecule has 0 aromatic heterocycles. The number of hydrogen-bond donors (Lipinski definition) is 0. The molecule has 0 unspecified atom stereocenters. The first kappa shape index (κ1) is 17.5. The van der Waals surface area contributed by atoms with Gasteiger partial charge in [0.1, 0.15) is 0 Å². The minimum atomic E-state index is -0.440. The fraction of sp³-hybridized carbons (Fsp3) is 0.263. The van der Waals surface area contributed by atoms with Crippen molar-refractivity contribution in [2.24, 2.45) is 0 Å². The molecule has 0 N–H and O–H groups in total. The van der Waals surface area contributed by atoms with Crippen LogP contribution in [0.5, 0.6) is 11.5 Å². The van der Waals surface area contributed by atoms with Crippen LogP contribution in [0, 0.1) is 0 Å². The predicted molar refractivity (Wildman–Crippen MR) is 95.2 cm³/mol. The molecule has 130 valence electrons. The molecule has 0 bridgehead atoms. The number of benzene rings is 2. The van der Waals surface area contributed by atoms with Crippen LogP contribution in [0.3, 0.4) is 0 Å². The lowest BCUT2D eigenvalue weighted by molar-refractivity contribution is -0.141. The maximum Gasteiger partial charge on any atom is 0.310 e. The van der Waals surface area contributed by atoms with Gasteiger partial charge in [-0.15, -0.1) is 0 Å². The van der Waals surface area contributed by atoms with Crippen LogP contribution in [0.15, 0.2) is 46.9 Å². The molecule has 2 aromatic carbocycles. The highest BCUT2D eigenvalue weighted by Crippen LogP contribution is 2.30. The van der Waals surface area contributed by atoms with Gasteiger partial charge in [-0.2, -0.15) is 0 Å². The predicted octanol–water partition coefficient (Wildman–Crippen LogP) is 3.58. The van der Waals surface area contributed by atoms with Crippen LogP contribution in [-0.4, -0.2) is 31.6 Å². The molecule has 0 atom stereocenters. The van der Waals surface area contributed by atoms with Gasteiger partial charge >= 0.3 is 5.97 Å². The largest absolute Gasteiger partial charge is 0.490 e. The highest BCUT2D eigenvalue weighted by molar-refractivity contribution is 9.10. The standard InChI is InChI=1S/C19H17BrO5/c20-15-5-2-13(3-6-15)10-19(22)25-12-16(21)14-4-7-17-18(11-14)24-9-1-8-23-17/h2-7,11H,1,8-10,12H2. The molecule has 0 spiro atoms. The summed E-state index contributed by atoms with van der Waals surface area (Å²) in [7, 11) is 0. The molecular formula is C19H17BrO5. The number of fused-ring (bicyclic) bond motifs is 1. The Labute approximate surface area is 154 Å². The van der Waals surface area contributed by atoms with E-state index in [1.807, 2.05) is 24.3 Å². The van der Waals surface area contributed by atoms with Crippen molar-refractivity contribution in [1.82, 2.24) is 0 Å². The molecule has 5 nitrogen and oxygen atoms in total. The lowest BCUT2D eigenvalue weighted by atomic mass is 10.1. The molecule has 1 heterocycles. The molecule has 1 aliphatic heterocycles. The number of Topliss-reactive ketones (excluding diaryl/α,β-unsaturated/α-hetero) is 1. The molecule has 1 aliphatic rings. The minimum Gasteiger partial charge on any atom is -0.490 e. The SMILES string of the molecule is O=C(Cc1ccc(Br)cc1)OCC(=O)c1ccc2c(c1)OCCCO2. The second-order valence-corrected chi connectivity index (χ2v) is 6.51. The van der Waals surface area contributed by atoms with Gasteiger partial charge in [-0.05, 0) is 35.9 Å². The summed E-state index contributed by atoms with van der Waals surface area (Å²) in [5.41, 5.74) is 1.26. The van der Waals surface area contributed by atoms with E-state index in [0.29, 0.717) is 30.3 Å². The van der Waals surface area contributed by atoms with E-state index in [1.54, 1.807) is 18.2 Å². The summed E-state index contributed by atoms with van der Waals surface area (Å²) in [6.07, 6.45) is 0.924. The van der Waals surface area contributed by atoms with Crippen molar-refractivity contribution < 1.29 is 23.8 Å². The molecule has 3 rings (SSSR count). The molecule has 0 fully saturated rings. The summed E-state index contributed by atoms with van der Waals surface area (Å²) >= 11 is 3.34. The van der Waals surface area contributed by atoms with Gasteiger partial charge in [-0.25, -0.2) is 0 Å². The molecule has 2 aromatic rings. The van der Waals surface area contributed by atoms with Crippen molar-refractivity contribution in [3.63, 3.8) is 0 Å². The summed E-state index contributed by atoms with van der Waals surface area (Å²) < 4.78 is 17.1. The van der Waals surface area contributed by atoms with E-state index in [0.717, 1.165) is 16.5 Å². The van der Waals surface area contributed by atoms with Crippen LogP contribution in [0.2, 0.25) is 0 Å². The number of carbonyl (C=O) groups excluding carboxylic acids is 2. The molecule has 0 amide bonds. The first-order chi connectivity index (χ1) is 12.1. The van der Waals surface area contributed by atoms with E-state index in [4.69, 9.17) is 14.2 Å². The monoisotopic (exact) mass is 404 g/mol. The number of rotatable bonds is 5. The van der Waals surface area contributed by atoms with Crippen LogP contribution < -0.4 is 9.47 Å². The van der Waals surface area contributed by atoms with E-state index in [1.165, 1.54) is 0 Å². The Balaban J connectivity index is 1.56. The molecule has 25 heavy (non-hydrogen) atoms. The number of halogens is 1. The maximum atomic E-state index is 12.2. The van der Waals surface area contributed by atoms with Crippen LogP contribution >= 0.6 is 15.9 Å². The Morgan fingerprint density at radius 1 is 1.00 bits per heavy atom. The molecule has 0 saturated heterocycles. The van der Waals surface area contributed by atoms with Crippen molar-refractivity contribution in [3.8, 4) is 11.5 Å². The summed E-state index contributed by atoms with van der Waals surface area (Å²) in [5, 5.41) is 0. The third-order valence-corrected chi connectivity index (χ3v) is 4.22. The molecule has 6 heteroatoms. The van der Waals surface area contributed by atoms with E-state index in [9.17, 15) is 9.59 Å². The van der Waals surface area contributed by atoms with Crippen LogP contribution in [0.1, 0.15) is 22.3 Å². The Hall–Kier alpha value is -2.34. The normalized spacial score (nSPS) is 13.0. The summed E-state index contributed by atoms with van der Waals surface area (Å²) in [4.78, 5) is 24.1. The van der Waals surface area contributed by atoms with Crippen molar-refractivity contribution in [1.29, 1.82) is 0 Å². The van der Waals surface area contributed by atoms with Crippen LogP contribution in [0.4, 0.5) is 0 Å². The fourth-order valence-corrected chi connectivity index (χ4v) is 2.65. The molecule has 0 radical (unpaired) electrons. The zero-order valence-corrected chi connectivity index (χ0v) is 15.1. The third kappa shape index (κ3) is 4.82. The fourth-order valence-electron chi connectivity index (χ4n) is 2.39. The van der Waals surface area contributed by atoms with Crippen molar-refractivity contribution >= 4 is 27.7 Å². The highest BCUT2D eigenvalue weighted by atomic mass is 79.9. The van der Waals surface area contributed by atoms with Crippen molar-refractivity contribution in [2.45, 2.75) is 12.8 Å². The van der Waals surface area contributed by atoms with Crippen molar-refractivity contribution in [3.05, 3.63) is 58.1 Å². The summed E-state index contributed by atoms with van der Waals surface area (Å²) in [6.45, 7) is 0.843. The average molecular weight is 405 g/mol. The van der Waals surface area contributed by atoms with E-state index >= 15 is 0 Å². The summed E-state index contributed by atoms with van der Waals surface area (Å²) in [6, 6.07) is 12.4. The zero-order chi connectivity index (χ0) is 17.6. The molecule has 0 aliphatic carbocycles. The van der Waals surface area contributed by atoms with Gasteiger partial charge in [-0.1, -0.05) is 28.1 Å². The second-order valence-electron chi connectivity index (χ2n) is 5.60. The van der Waals surface area contributed by atoms with Gasteiger partial charge in [0.15, 0.2) is 23.9 Å². The molecule has 0 saturated carbocycles. The smallest absolute Gasteiger partial charge is 0.310 e. The van der Waals surface area contributed by atoms with E-state index in [-0.39, 0.29) is 18.8 Å².